The number of rotatable bonds is 4. The van der Waals surface area contributed by atoms with E-state index >= 15 is 0 Å². The molecular formula is C46H86F3N2+. The van der Waals surface area contributed by atoms with Crippen molar-refractivity contribution in [3.63, 3.8) is 0 Å². The van der Waals surface area contributed by atoms with Crippen molar-refractivity contribution in [2.75, 3.05) is 20.1 Å². The first-order chi connectivity index (χ1) is 22.6. The van der Waals surface area contributed by atoms with Crippen LogP contribution >= 0.6 is 0 Å². The van der Waals surface area contributed by atoms with Crippen LogP contribution in [0.4, 0.5) is 13.2 Å². The largest absolute Gasteiger partial charge is 0.398 e. The van der Waals surface area contributed by atoms with Crippen LogP contribution in [-0.4, -0.2) is 30.9 Å². The quantitative estimate of drug-likeness (QED) is 0.243. The van der Waals surface area contributed by atoms with Crippen molar-refractivity contribution in [1.82, 2.24) is 0 Å². The van der Waals surface area contributed by atoms with Gasteiger partial charge in [-0.1, -0.05) is 180 Å². The van der Waals surface area contributed by atoms with E-state index in [1.54, 1.807) is 44.2 Å². The van der Waals surface area contributed by atoms with Crippen LogP contribution in [0.1, 0.15) is 187 Å². The van der Waals surface area contributed by atoms with E-state index in [0.29, 0.717) is 32.6 Å². The number of hydrogen-bond donors (Lipinski definition) is 1. The standard InChI is InChI=1S/C18H37N2.C16H23F3.C8H18.C4H8/c1-16(2,3)17(4,5)18(15-9-7-8-10-15)11-13-20(6,19)14-12-18;1-13(2,3)14(4,5)15(6,16(17,18)19)12-10-8-7-9-11-12;1-7(2,3)8(4,5)6;1-2-4-3-1/h15H,7-14,19H2,1-6H3;7-11H,1-6H3;1-6H3;1-4H2/q+1;;;. The van der Waals surface area contributed by atoms with Crippen molar-refractivity contribution >= 4 is 0 Å². The molecule has 1 saturated heterocycles. The lowest BCUT2D eigenvalue weighted by molar-refractivity contribution is -0.929. The molecule has 0 spiro atoms. The molecule has 0 radical (unpaired) electrons. The second-order valence-corrected chi connectivity index (χ2v) is 22.2. The molecular weight excluding hydrogens is 638 g/mol. The highest BCUT2D eigenvalue weighted by Crippen LogP contribution is 2.63. The summed E-state index contributed by atoms with van der Waals surface area (Å²) in [7, 11) is 2.20. The summed E-state index contributed by atoms with van der Waals surface area (Å²) in [6.45, 7) is 38.6. The Balaban J connectivity index is 0.000000387. The number of quaternary nitrogens is 1. The molecule has 51 heavy (non-hydrogen) atoms. The van der Waals surface area contributed by atoms with Gasteiger partial charge in [-0.2, -0.15) is 19.0 Å². The number of hydrogen-bond acceptors (Lipinski definition) is 1. The predicted octanol–water partition coefficient (Wildman–Crippen LogP) is 14.6. The molecule has 1 unspecified atom stereocenters. The zero-order chi connectivity index (χ0) is 40.2. The van der Waals surface area contributed by atoms with E-state index in [-0.39, 0.29) is 0 Å². The molecule has 0 amide bonds. The van der Waals surface area contributed by atoms with Crippen molar-refractivity contribution in [3.05, 3.63) is 35.9 Å². The number of nitrogens with zero attached hydrogens (tertiary/aromatic N) is 1. The number of alkyl halides is 3. The fraction of sp³-hybridized carbons (Fsp3) is 0.870. The van der Waals surface area contributed by atoms with Crippen LogP contribution in [0.15, 0.2) is 30.3 Å². The zero-order valence-corrected chi connectivity index (χ0v) is 37.1. The van der Waals surface area contributed by atoms with Crippen LogP contribution in [-0.2, 0) is 5.41 Å². The summed E-state index contributed by atoms with van der Waals surface area (Å²) in [6.07, 6.45) is 10.1. The molecule has 2 nitrogen and oxygen atoms in total. The molecule has 3 aliphatic rings. The van der Waals surface area contributed by atoms with Crippen molar-refractivity contribution in [2.24, 2.45) is 49.7 Å². The average Bonchev–Trinajstić information content (AvgIpc) is 3.45. The highest BCUT2D eigenvalue weighted by atomic mass is 19.4. The molecule has 3 fully saturated rings. The first kappa shape index (κ1) is 48.0. The van der Waals surface area contributed by atoms with Crippen LogP contribution in [0.2, 0.25) is 0 Å². The molecule has 5 heteroatoms. The number of nitrogens with two attached hydrogens (primary N) is 1. The Kier molecular flexibility index (Phi) is 15.7. The van der Waals surface area contributed by atoms with Gasteiger partial charge in [-0.05, 0) is 69.2 Å². The number of halogens is 3. The summed E-state index contributed by atoms with van der Waals surface area (Å²) in [5, 5.41) is 0. The third kappa shape index (κ3) is 11.2. The van der Waals surface area contributed by atoms with Gasteiger partial charge in [-0.25, -0.2) is 0 Å². The first-order valence-electron chi connectivity index (χ1n) is 20.4. The lowest BCUT2D eigenvalue weighted by Crippen LogP contribution is -2.62. The lowest BCUT2D eigenvalue weighted by Gasteiger charge is -2.60. The van der Waals surface area contributed by atoms with E-state index in [9.17, 15) is 13.2 Å². The summed E-state index contributed by atoms with van der Waals surface area (Å²) < 4.78 is 42.2. The fourth-order valence-electron chi connectivity index (χ4n) is 7.57. The summed E-state index contributed by atoms with van der Waals surface area (Å²) in [4.78, 5) is 0. The topological polar surface area (TPSA) is 26.0 Å². The molecule has 1 aliphatic heterocycles. The van der Waals surface area contributed by atoms with Crippen LogP contribution in [0, 0.1) is 43.8 Å². The predicted molar refractivity (Wildman–Crippen MR) is 217 cm³/mol. The Labute approximate surface area is 316 Å². The molecule has 2 saturated carbocycles. The maximum absolute atomic E-state index is 13.8. The van der Waals surface area contributed by atoms with Gasteiger partial charge >= 0.3 is 6.18 Å². The minimum absolute atomic E-state index is 0.322. The lowest BCUT2D eigenvalue weighted by atomic mass is 9.47. The van der Waals surface area contributed by atoms with E-state index in [0.717, 1.165) is 23.6 Å². The molecule has 1 aromatic carbocycles. The van der Waals surface area contributed by atoms with E-state index in [2.05, 4.69) is 83.2 Å². The van der Waals surface area contributed by atoms with Gasteiger partial charge in [0.2, 0.25) is 0 Å². The van der Waals surface area contributed by atoms with E-state index in [1.165, 1.54) is 71.1 Å². The normalized spacial score (nSPS) is 25.1. The fourth-order valence-corrected chi connectivity index (χ4v) is 7.57. The van der Waals surface area contributed by atoms with E-state index in [4.69, 9.17) is 5.84 Å². The Hall–Kier alpha value is -1.07. The van der Waals surface area contributed by atoms with Gasteiger partial charge in [0.25, 0.3) is 0 Å². The van der Waals surface area contributed by atoms with Crippen molar-refractivity contribution < 1.29 is 17.8 Å². The Bertz CT molecular complexity index is 1130. The van der Waals surface area contributed by atoms with E-state index < -0.39 is 22.4 Å². The maximum atomic E-state index is 13.8. The Morgan fingerprint density at radius 1 is 0.569 bits per heavy atom. The number of likely N-dealkylation sites (tertiary alicyclic amines) is 1. The summed E-state index contributed by atoms with van der Waals surface area (Å²) in [5.74, 6) is 7.32. The van der Waals surface area contributed by atoms with Crippen molar-refractivity contribution in [2.45, 2.75) is 194 Å². The average molecular weight is 724 g/mol. The summed E-state index contributed by atoms with van der Waals surface area (Å²) >= 11 is 0. The van der Waals surface area contributed by atoms with Gasteiger partial charge in [0.1, 0.15) is 0 Å². The number of benzene rings is 1. The van der Waals surface area contributed by atoms with Gasteiger partial charge in [-0.3, -0.25) is 4.59 Å². The molecule has 0 bridgehead atoms. The molecule has 1 atom stereocenters. The van der Waals surface area contributed by atoms with Gasteiger partial charge in [0.15, 0.2) is 0 Å². The molecule has 4 rings (SSSR count). The molecule has 2 N–H and O–H groups in total. The Morgan fingerprint density at radius 3 is 1.22 bits per heavy atom. The second kappa shape index (κ2) is 16.7. The van der Waals surface area contributed by atoms with Crippen LogP contribution in [0.25, 0.3) is 0 Å². The van der Waals surface area contributed by atoms with Crippen LogP contribution in [0.3, 0.4) is 0 Å². The summed E-state index contributed by atoms with van der Waals surface area (Å²) in [5.41, 5.74) is -0.895. The minimum Gasteiger partial charge on any atom is -0.251 e. The first-order valence-corrected chi connectivity index (χ1v) is 20.4. The van der Waals surface area contributed by atoms with E-state index in [1.807, 2.05) is 20.8 Å². The monoisotopic (exact) mass is 724 g/mol. The maximum Gasteiger partial charge on any atom is 0.398 e. The highest BCUT2D eigenvalue weighted by Gasteiger charge is 2.63. The van der Waals surface area contributed by atoms with Crippen molar-refractivity contribution in [3.8, 4) is 0 Å². The highest BCUT2D eigenvalue weighted by molar-refractivity contribution is 5.30. The molecule has 0 aromatic heterocycles. The number of piperidine rings is 1. The van der Waals surface area contributed by atoms with Crippen LogP contribution in [0.5, 0.6) is 0 Å². The van der Waals surface area contributed by atoms with Gasteiger partial charge in [0.05, 0.1) is 25.6 Å². The molecule has 300 valence electrons. The van der Waals surface area contributed by atoms with Gasteiger partial charge in [0, 0.05) is 12.8 Å². The van der Waals surface area contributed by atoms with Crippen LogP contribution < -0.4 is 5.84 Å². The Morgan fingerprint density at radius 2 is 0.941 bits per heavy atom. The smallest absolute Gasteiger partial charge is 0.251 e. The minimum atomic E-state index is -4.30. The van der Waals surface area contributed by atoms with Gasteiger partial charge in [-0.15, -0.1) is 0 Å². The zero-order valence-electron chi connectivity index (χ0n) is 37.1. The molecule has 2 aliphatic carbocycles. The molecule has 1 heterocycles. The van der Waals surface area contributed by atoms with Crippen molar-refractivity contribution in [1.29, 1.82) is 0 Å². The second-order valence-electron chi connectivity index (χ2n) is 22.2. The summed E-state index contributed by atoms with van der Waals surface area (Å²) in [6, 6.07) is 8.21. The third-order valence-electron chi connectivity index (χ3n) is 15.7. The third-order valence-corrected chi connectivity index (χ3v) is 15.7. The SMILES string of the molecule is C1CCC1.CC(C)(C)C(C)(C)C.CC(C)(C)C(C)(C)C(C)(c1ccccc1)C(F)(F)F.CC(C)(C)C(C)(C)C1(C2CCCC2)CC[N+](C)(N)CC1. The molecule has 1 aromatic rings. The van der Waals surface area contributed by atoms with Gasteiger partial charge < -0.3 is 0 Å².